The summed E-state index contributed by atoms with van der Waals surface area (Å²) in [5.74, 6) is 0.527. The quantitative estimate of drug-likeness (QED) is 0.795. The van der Waals surface area contributed by atoms with E-state index in [0.717, 1.165) is 24.1 Å². The predicted molar refractivity (Wildman–Crippen MR) is 98.6 cm³/mol. The van der Waals surface area contributed by atoms with E-state index in [-0.39, 0.29) is 18.6 Å². The lowest BCUT2D eigenvalue weighted by Gasteiger charge is -2.21. The van der Waals surface area contributed by atoms with Crippen LogP contribution >= 0.6 is 0 Å². The first kappa shape index (κ1) is 19.5. The number of nitrogens with zero attached hydrogens (tertiary/aromatic N) is 3. The monoisotopic (exact) mass is 346 g/mol. The fourth-order valence-electron chi connectivity index (χ4n) is 3.61. The van der Waals surface area contributed by atoms with Gasteiger partial charge in [-0.3, -0.25) is 9.69 Å². The first-order valence-corrected chi connectivity index (χ1v) is 9.13. The molecule has 0 aliphatic heterocycles. The van der Waals surface area contributed by atoms with Crippen LogP contribution in [0.2, 0.25) is 0 Å². The van der Waals surface area contributed by atoms with Crippen molar-refractivity contribution in [1.29, 1.82) is 5.26 Å². The van der Waals surface area contributed by atoms with Gasteiger partial charge in [-0.25, -0.2) is 0 Å². The highest BCUT2D eigenvalue weighted by Crippen LogP contribution is 2.37. The third-order valence-corrected chi connectivity index (χ3v) is 5.16. The van der Waals surface area contributed by atoms with E-state index < -0.39 is 0 Å². The molecule has 1 atom stereocenters. The molecule has 1 aliphatic rings. The number of anilines is 1. The van der Waals surface area contributed by atoms with Crippen LogP contribution in [-0.2, 0) is 4.79 Å². The Kier molecular flexibility index (Phi) is 6.63. The van der Waals surface area contributed by atoms with Crippen LogP contribution < -0.4 is 5.32 Å². The molecule has 138 valence electrons. The average Bonchev–Trinajstić information content (AvgIpc) is 3.13. The van der Waals surface area contributed by atoms with Crippen LogP contribution in [0.4, 0.5) is 5.82 Å². The van der Waals surface area contributed by atoms with E-state index in [1.165, 1.54) is 12.8 Å². The maximum Gasteiger partial charge on any atom is 0.239 e. The van der Waals surface area contributed by atoms with Crippen LogP contribution in [0.5, 0.6) is 0 Å². The summed E-state index contributed by atoms with van der Waals surface area (Å²) in [6.45, 7) is 6.61. The number of hydrogen-bond donors (Lipinski definition) is 2. The summed E-state index contributed by atoms with van der Waals surface area (Å²) < 4.78 is 2.16. The fraction of sp³-hybridized carbons (Fsp3) is 0.684. The second-order valence-corrected chi connectivity index (χ2v) is 7.28. The second kappa shape index (κ2) is 8.50. The van der Waals surface area contributed by atoms with E-state index in [4.69, 9.17) is 0 Å². The third kappa shape index (κ3) is 4.62. The molecule has 1 aliphatic carbocycles. The first-order chi connectivity index (χ1) is 11.8. The molecular formula is C19H30N4O2. The van der Waals surface area contributed by atoms with Crippen molar-refractivity contribution >= 4 is 11.7 Å². The smallest absolute Gasteiger partial charge is 0.239 e. The Labute approximate surface area is 150 Å². The van der Waals surface area contributed by atoms with Gasteiger partial charge in [-0.2, -0.15) is 5.26 Å². The number of aliphatic hydroxyl groups excluding tert-OH is 1. The van der Waals surface area contributed by atoms with Gasteiger partial charge >= 0.3 is 0 Å². The number of rotatable bonds is 7. The van der Waals surface area contributed by atoms with Gasteiger partial charge in [0.15, 0.2) is 0 Å². The molecule has 1 fully saturated rings. The average molecular weight is 346 g/mol. The molecule has 0 saturated heterocycles. The van der Waals surface area contributed by atoms with Crippen molar-refractivity contribution in [3.63, 3.8) is 0 Å². The molecule has 2 rings (SSSR count). The normalized spacial score (nSPS) is 16.2. The summed E-state index contributed by atoms with van der Waals surface area (Å²) in [5.41, 5.74) is 2.60. The summed E-state index contributed by atoms with van der Waals surface area (Å²) in [5, 5.41) is 21.9. The zero-order valence-electron chi connectivity index (χ0n) is 15.8. The van der Waals surface area contributed by atoms with Gasteiger partial charge in [0.25, 0.3) is 0 Å². The molecule has 1 saturated carbocycles. The molecular weight excluding hydrogens is 316 g/mol. The predicted octanol–water partition coefficient (Wildman–Crippen LogP) is 2.73. The molecule has 2 N–H and O–H groups in total. The van der Waals surface area contributed by atoms with Gasteiger partial charge in [0, 0.05) is 18.3 Å². The lowest BCUT2D eigenvalue weighted by Crippen LogP contribution is -2.32. The van der Waals surface area contributed by atoms with Crippen LogP contribution in [0.15, 0.2) is 0 Å². The van der Waals surface area contributed by atoms with Crippen molar-refractivity contribution in [2.45, 2.75) is 65.0 Å². The van der Waals surface area contributed by atoms with Gasteiger partial charge in [-0.05, 0) is 52.6 Å². The van der Waals surface area contributed by atoms with Crippen LogP contribution in [0, 0.1) is 25.2 Å². The number of amides is 1. The number of carbonyl (C=O) groups excluding carboxylic acids is 1. The van der Waals surface area contributed by atoms with Gasteiger partial charge in [0.2, 0.25) is 5.91 Å². The highest BCUT2D eigenvalue weighted by Gasteiger charge is 2.26. The topological polar surface area (TPSA) is 81.3 Å². The number of aliphatic hydroxyl groups is 1. The minimum Gasteiger partial charge on any atom is -0.393 e. The van der Waals surface area contributed by atoms with Crippen LogP contribution in [-0.4, -0.2) is 46.7 Å². The Morgan fingerprint density at radius 1 is 1.44 bits per heavy atom. The van der Waals surface area contributed by atoms with Crippen LogP contribution in [0.3, 0.4) is 0 Å². The molecule has 1 aromatic heterocycles. The van der Waals surface area contributed by atoms with Crippen molar-refractivity contribution in [1.82, 2.24) is 9.47 Å². The summed E-state index contributed by atoms with van der Waals surface area (Å²) in [6, 6.07) is 2.63. The van der Waals surface area contributed by atoms with Gasteiger partial charge < -0.3 is 15.0 Å². The number of carbonyl (C=O) groups is 1. The van der Waals surface area contributed by atoms with Crippen molar-refractivity contribution < 1.29 is 9.90 Å². The molecule has 25 heavy (non-hydrogen) atoms. The largest absolute Gasteiger partial charge is 0.393 e. The number of aromatic nitrogens is 1. The van der Waals surface area contributed by atoms with Gasteiger partial charge in [-0.15, -0.1) is 0 Å². The second-order valence-electron chi connectivity index (χ2n) is 7.28. The van der Waals surface area contributed by atoms with E-state index in [2.05, 4.69) is 16.0 Å². The Balaban J connectivity index is 2.16. The zero-order chi connectivity index (χ0) is 18.6. The summed E-state index contributed by atoms with van der Waals surface area (Å²) >= 11 is 0. The van der Waals surface area contributed by atoms with Crippen molar-refractivity contribution in [2.75, 3.05) is 25.5 Å². The molecule has 1 heterocycles. The van der Waals surface area contributed by atoms with Crippen LogP contribution in [0.25, 0.3) is 0 Å². The number of hydrogen-bond acceptors (Lipinski definition) is 4. The van der Waals surface area contributed by atoms with E-state index >= 15 is 0 Å². The minimum atomic E-state index is -0.374. The zero-order valence-corrected chi connectivity index (χ0v) is 15.8. The van der Waals surface area contributed by atoms with E-state index in [1.54, 1.807) is 6.92 Å². The Morgan fingerprint density at radius 3 is 2.64 bits per heavy atom. The molecule has 6 heteroatoms. The summed E-state index contributed by atoms with van der Waals surface area (Å²) in [7, 11) is 1.86. The molecule has 0 spiro atoms. The van der Waals surface area contributed by atoms with E-state index in [9.17, 15) is 15.2 Å². The lowest BCUT2D eigenvalue weighted by molar-refractivity contribution is -0.117. The standard InChI is InChI=1S/C19H30N4O2/c1-13(24)9-10-22(4)12-18(25)21-19-17(11-20)14(2)15(3)23(19)16-7-5-6-8-16/h13,16,24H,5-10,12H2,1-4H3,(H,21,25). The molecule has 0 radical (unpaired) electrons. The maximum absolute atomic E-state index is 12.5. The molecule has 1 unspecified atom stereocenters. The molecule has 0 bridgehead atoms. The minimum absolute atomic E-state index is 0.124. The van der Waals surface area contributed by atoms with Gasteiger partial charge in [0.1, 0.15) is 11.9 Å². The van der Waals surface area contributed by atoms with E-state index in [1.807, 2.05) is 25.8 Å². The van der Waals surface area contributed by atoms with Gasteiger partial charge in [-0.1, -0.05) is 12.8 Å². The third-order valence-electron chi connectivity index (χ3n) is 5.16. The van der Waals surface area contributed by atoms with E-state index in [0.29, 0.717) is 30.4 Å². The molecule has 0 aromatic carbocycles. The van der Waals surface area contributed by atoms with Crippen molar-refractivity contribution in [2.24, 2.45) is 0 Å². The van der Waals surface area contributed by atoms with Crippen molar-refractivity contribution in [3.8, 4) is 6.07 Å². The lowest BCUT2D eigenvalue weighted by atomic mass is 10.2. The van der Waals surface area contributed by atoms with Crippen molar-refractivity contribution in [3.05, 3.63) is 16.8 Å². The van der Waals surface area contributed by atoms with Gasteiger partial charge in [0.05, 0.1) is 18.2 Å². The highest BCUT2D eigenvalue weighted by molar-refractivity contribution is 5.93. The SMILES string of the molecule is Cc1c(C#N)c(NC(=O)CN(C)CCC(C)O)n(C2CCCC2)c1C. The highest BCUT2D eigenvalue weighted by atomic mass is 16.3. The first-order valence-electron chi connectivity index (χ1n) is 9.13. The fourth-order valence-corrected chi connectivity index (χ4v) is 3.61. The maximum atomic E-state index is 12.5. The molecule has 1 amide bonds. The Bertz CT molecular complexity index is 651. The number of nitriles is 1. The molecule has 1 aromatic rings. The summed E-state index contributed by atoms with van der Waals surface area (Å²) in [6.07, 6.45) is 4.83. The number of nitrogens with one attached hydrogen (secondary N) is 1. The van der Waals surface area contributed by atoms with Crippen LogP contribution in [0.1, 0.15) is 61.9 Å². The Hall–Kier alpha value is -1.84. The molecule has 6 nitrogen and oxygen atoms in total. The summed E-state index contributed by atoms with van der Waals surface area (Å²) in [4.78, 5) is 14.4. The Morgan fingerprint density at radius 2 is 2.08 bits per heavy atom. The number of likely N-dealkylation sites (N-methyl/N-ethyl adjacent to an activating group) is 1.